The third-order valence-electron chi connectivity index (χ3n) is 3.44. The summed E-state index contributed by atoms with van der Waals surface area (Å²) in [6, 6.07) is 0.359. The third kappa shape index (κ3) is 4.93. The van der Waals surface area contributed by atoms with Crippen LogP contribution in [0.5, 0.6) is 0 Å². The number of nitrogens with one attached hydrogen (secondary N) is 1. The molecule has 0 radical (unpaired) electrons. The van der Waals surface area contributed by atoms with E-state index >= 15 is 0 Å². The number of carbonyl (C=O) groups excluding carboxylic acids is 1. The summed E-state index contributed by atoms with van der Waals surface area (Å²) in [5, 5.41) is 11.4. The van der Waals surface area contributed by atoms with Crippen molar-refractivity contribution >= 4 is 40.8 Å². The lowest BCUT2D eigenvalue weighted by molar-refractivity contribution is -0.119. The van der Waals surface area contributed by atoms with Crippen LogP contribution in [0.4, 0.5) is 0 Å². The molecule has 0 bridgehead atoms. The Hall–Kier alpha value is -0.270. The van der Waals surface area contributed by atoms with Crippen LogP contribution in [0.25, 0.3) is 0 Å². The Balaban J connectivity index is 1.73. The van der Waals surface area contributed by atoms with Crippen molar-refractivity contribution in [2.24, 2.45) is 5.92 Å². The summed E-state index contributed by atoms with van der Waals surface area (Å²) in [5.74, 6) is 2.16. The number of thioether (sulfide) groups is 2. The van der Waals surface area contributed by atoms with Gasteiger partial charge >= 0.3 is 0 Å². The lowest BCUT2D eigenvalue weighted by Gasteiger charge is -2.29. The molecular weight excluding hydrogens is 310 g/mol. The van der Waals surface area contributed by atoms with Crippen molar-refractivity contribution in [2.45, 2.75) is 54.3 Å². The molecule has 1 aliphatic rings. The summed E-state index contributed by atoms with van der Waals surface area (Å²) in [6.45, 7) is 4.33. The van der Waals surface area contributed by atoms with E-state index in [4.69, 9.17) is 0 Å². The van der Waals surface area contributed by atoms with E-state index in [-0.39, 0.29) is 5.91 Å². The largest absolute Gasteiger partial charge is 0.352 e. The van der Waals surface area contributed by atoms with Gasteiger partial charge in [-0.05, 0) is 24.5 Å². The van der Waals surface area contributed by atoms with Gasteiger partial charge in [-0.1, -0.05) is 61.5 Å². The lowest BCUT2D eigenvalue weighted by Crippen LogP contribution is -2.41. The zero-order valence-electron chi connectivity index (χ0n) is 11.9. The van der Waals surface area contributed by atoms with Crippen LogP contribution in [0.1, 0.15) is 39.5 Å². The van der Waals surface area contributed by atoms with Crippen molar-refractivity contribution in [3.05, 3.63) is 0 Å². The Labute approximate surface area is 132 Å². The van der Waals surface area contributed by atoms with Crippen molar-refractivity contribution in [2.75, 3.05) is 11.5 Å². The highest BCUT2D eigenvalue weighted by molar-refractivity contribution is 8.03. The Morgan fingerprint density at radius 3 is 2.70 bits per heavy atom. The molecule has 2 rings (SSSR count). The van der Waals surface area contributed by atoms with Crippen LogP contribution in [-0.2, 0) is 4.79 Å². The zero-order valence-corrected chi connectivity index (χ0v) is 14.4. The maximum atomic E-state index is 12.0. The number of amides is 1. The molecule has 1 aromatic heterocycles. The first-order valence-corrected chi connectivity index (χ1v) is 9.86. The molecule has 1 heterocycles. The fourth-order valence-corrected chi connectivity index (χ4v) is 5.07. The van der Waals surface area contributed by atoms with Gasteiger partial charge in [-0.2, -0.15) is 0 Å². The summed E-state index contributed by atoms with van der Waals surface area (Å²) in [6.07, 6.45) is 4.88. The molecule has 1 fully saturated rings. The molecule has 20 heavy (non-hydrogen) atoms. The summed E-state index contributed by atoms with van der Waals surface area (Å²) in [5.41, 5.74) is 0. The molecule has 1 N–H and O–H groups in total. The molecule has 112 valence electrons. The molecule has 2 atom stereocenters. The molecule has 0 spiro atoms. The standard InChI is InChI=1S/C13H21N3OS3/c1-3-18-12-15-16-13(20-12)19-8-11(17)14-10-7-5-4-6-9(10)2/h9-10H,3-8H2,1-2H3,(H,14,17). The Bertz CT molecular complexity index is 438. The van der Waals surface area contributed by atoms with Gasteiger partial charge in [0.15, 0.2) is 8.68 Å². The second-order valence-corrected chi connectivity index (χ2v) is 8.70. The molecule has 1 saturated carbocycles. The topological polar surface area (TPSA) is 54.9 Å². The Morgan fingerprint density at radius 2 is 2.00 bits per heavy atom. The first-order valence-electron chi connectivity index (χ1n) is 7.07. The highest BCUT2D eigenvalue weighted by atomic mass is 32.2. The SMILES string of the molecule is CCSc1nnc(SCC(=O)NC2CCCCC2C)s1. The summed E-state index contributed by atoms with van der Waals surface area (Å²) >= 11 is 4.74. The normalized spacial score (nSPS) is 22.7. The molecule has 4 nitrogen and oxygen atoms in total. The van der Waals surface area contributed by atoms with Gasteiger partial charge in [-0.25, -0.2) is 0 Å². The van der Waals surface area contributed by atoms with Gasteiger partial charge in [-0.15, -0.1) is 10.2 Å². The molecule has 1 aliphatic carbocycles. The average molecular weight is 332 g/mol. The number of hydrogen-bond acceptors (Lipinski definition) is 6. The van der Waals surface area contributed by atoms with Crippen molar-refractivity contribution in [3.8, 4) is 0 Å². The highest BCUT2D eigenvalue weighted by Gasteiger charge is 2.22. The minimum atomic E-state index is 0.119. The first kappa shape index (κ1) is 16.1. The van der Waals surface area contributed by atoms with E-state index < -0.39 is 0 Å². The van der Waals surface area contributed by atoms with Crippen LogP contribution in [0.2, 0.25) is 0 Å². The monoisotopic (exact) mass is 331 g/mol. The summed E-state index contributed by atoms with van der Waals surface area (Å²) in [7, 11) is 0. The van der Waals surface area contributed by atoms with E-state index in [1.807, 2.05) is 0 Å². The number of aromatic nitrogens is 2. The van der Waals surface area contributed by atoms with Crippen LogP contribution < -0.4 is 5.32 Å². The smallest absolute Gasteiger partial charge is 0.230 e. The molecular formula is C13H21N3OS3. The van der Waals surface area contributed by atoms with Crippen LogP contribution in [-0.4, -0.2) is 33.7 Å². The van der Waals surface area contributed by atoms with Crippen molar-refractivity contribution in [1.29, 1.82) is 0 Å². The molecule has 1 aromatic rings. The van der Waals surface area contributed by atoms with Gasteiger partial charge in [0.2, 0.25) is 5.91 Å². The fraction of sp³-hybridized carbons (Fsp3) is 0.769. The molecule has 0 aromatic carbocycles. The lowest BCUT2D eigenvalue weighted by atomic mass is 9.86. The number of carbonyl (C=O) groups is 1. The molecule has 0 saturated heterocycles. The fourth-order valence-electron chi connectivity index (χ4n) is 2.34. The van der Waals surface area contributed by atoms with Crippen LogP contribution in [0.15, 0.2) is 8.68 Å². The van der Waals surface area contributed by atoms with Crippen molar-refractivity contribution in [1.82, 2.24) is 15.5 Å². The van der Waals surface area contributed by atoms with E-state index in [0.717, 1.165) is 20.9 Å². The quantitative estimate of drug-likeness (QED) is 0.809. The van der Waals surface area contributed by atoms with Gasteiger partial charge in [0, 0.05) is 6.04 Å². The molecule has 2 unspecified atom stereocenters. The van der Waals surface area contributed by atoms with Crippen LogP contribution >= 0.6 is 34.9 Å². The maximum Gasteiger partial charge on any atom is 0.230 e. The van der Waals surface area contributed by atoms with E-state index in [1.165, 1.54) is 31.0 Å². The molecule has 7 heteroatoms. The predicted molar refractivity (Wildman–Crippen MR) is 86.6 cm³/mol. The number of hydrogen-bond donors (Lipinski definition) is 1. The average Bonchev–Trinajstić information content (AvgIpc) is 2.87. The number of rotatable bonds is 6. The van der Waals surface area contributed by atoms with E-state index in [1.54, 1.807) is 23.1 Å². The minimum absolute atomic E-state index is 0.119. The summed E-state index contributed by atoms with van der Waals surface area (Å²) < 4.78 is 1.86. The molecule has 0 aliphatic heterocycles. The molecule has 1 amide bonds. The van der Waals surface area contributed by atoms with E-state index in [2.05, 4.69) is 29.4 Å². The Kier molecular flexibility index (Phi) is 6.64. The zero-order chi connectivity index (χ0) is 14.4. The maximum absolute atomic E-state index is 12.0. The van der Waals surface area contributed by atoms with Gasteiger partial charge in [-0.3, -0.25) is 4.79 Å². The van der Waals surface area contributed by atoms with E-state index in [9.17, 15) is 4.79 Å². The summed E-state index contributed by atoms with van der Waals surface area (Å²) in [4.78, 5) is 12.0. The van der Waals surface area contributed by atoms with Gasteiger partial charge in [0.1, 0.15) is 0 Å². The first-order chi connectivity index (χ1) is 9.69. The second-order valence-electron chi connectivity index (χ2n) is 4.99. The second kappa shape index (κ2) is 8.24. The third-order valence-corrected chi connectivity index (χ3v) is 6.51. The van der Waals surface area contributed by atoms with E-state index in [0.29, 0.717) is 17.7 Å². The van der Waals surface area contributed by atoms with Crippen molar-refractivity contribution < 1.29 is 4.79 Å². The predicted octanol–water partition coefficient (Wildman–Crippen LogP) is 3.44. The van der Waals surface area contributed by atoms with Gasteiger partial charge < -0.3 is 5.32 Å². The van der Waals surface area contributed by atoms with Gasteiger partial charge in [0.05, 0.1) is 5.75 Å². The highest BCUT2D eigenvalue weighted by Crippen LogP contribution is 2.28. The number of nitrogens with zero attached hydrogens (tertiary/aromatic N) is 2. The van der Waals surface area contributed by atoms with Gasteiger partial charge in [0.25, 0.3) is 0 Å². The van der Waals surface area contributed by atoms with Crippen molar-refractivity contribution in [3.63, 3.8) is 0 Å². The Morgan fingerprint density at radius 1 is 1.30 bits per heavy atom. The van der Waals surface area contributed by atoms with Crippen LogP contribution in [0.3, 0.4) is 0 Å². The minimum Gasteiger partial charge on any atom is -0.352 e. The van der Waals surface area contributed by atoms with Crippen LogP contribution in [0, 0.1) is 5.92 Å².